The summed E-state index contributed by atoms with van der Waals surface area (Å²) in [6.07, 6.45) is 4.60. The van der Waals surface area contributed by atoms with Gasteiger partial charge < -0.3 is 10.2 Å². The molecule has 1 N–H and O–H groups in total. The van der Waals surface area contributed by atoms with E-state index < -0.39 is 38.1 Å². The van der Waals surface area contributed by atoms with Gasteiger partial charge in [0.25, 0.3) is 0 Å². The Morgan fingerprint density at radius 3 is 2.42 bits per heavy atom. The van der Waals surface area contributed by atoms with Crippen LogP contribution in [0.2, 0.25) is 5.02 Å². The normalized spacial score (nSPS) is 28.2. The fraction of sp³-hybridized carbons (Fsp3) is 0.654. The number of halogens is 1. The van der Waals surface area contributed by atoms with E-state index in [-0.39, 0.29) is 34.2 Å². The van der Waals surface area contributed by atoms with Crippen molar-refractivity contribution >= 4 is 33.3 Å². The van der Waals surface area contributed by atoms with Gasteiger partial charge in [0, 0.05) is 13.1 Å². The van der Waals surface area contributed by atoms with E-state index in [9.17, 15) is 23.3 Å². The van der Waals surface area contributed by atoms with Crippen molar-refractivity contribution in [1.82, 2.24) is 15.1 Å². The van der Waals surface area contributed by atoms with Gasteiger partial charge in [0.15, 0.2) is 9.84 Å². The zero-order valence-electron chi connectivity index (χ0n) is 20.8. The van der Waals surface area contributed by atoms with E-state index in [1.165, 1.54) is 17.0 Å². The third-order valence-corrected chi connectivity index (χ3v) is 11.0. The molecule has 10 heteroatoms. The van der Waals surface area contributed by atoms with Gasteiger partial charge in [-0.15, -0.1) is 0 Å². The summed E-state index contributed by atoms with van der Waals surface area (Å²) in [5.41, 5.74) is -1.48. The van der Waals surface area contributed by atoms with Crippen molar-refractivity contribution < 1.29 is 18.0 Å². The van der Waals surface area contributed by atoms with Crippen LogP contribution in [0.5, 0.6) is 0 Å². The monoisotopic (exact) mass is 532 g/mol. The maximum Gasteiger partial charge on any atom is 0.244 e. The molecule has 0 bridgehead atoms. The molecule has 0 spiro atoms. The van der Waals surface area contributed by atoms with Crippen LogP contribution in [0, 0.1) is 16.7 Å². The third kappa shape index (κ3) is 4.42. The van der Waals surface area contributed by atoms with Crippen molar-refractivity contribution in [3.8, 4) is 6.07 Å². The van der Waals surface area contributed by atoms with E-state index in [0.29, 0.717) is 25.7 Å². The lowest BCUT2D eigenvalue weighted by molar-refractivity contribution is -0.145. The minimum atomic E-state index is -3.89. The number of hydrogen-bond acceptors (Lipinski definition) is 6. The summed E-state index contributed by atoms with van der Waals surface area (Å²) in [5, 5.41) is 11.5. The van der Waals surface area contributed by atoms with Gasteiger partial charge in [0.1, 0.15) is 17.1 Å². The minimum absolute atomic E-state index is 0.0136. The van der Waals surface area contributed by atoms with Crippen molar-refractivity contribution in [3.63, 3.8) is 0 Å². The molecule has 1 aromatic carbocycles. The maximum absolute atomic E-state index is 14.1. The summed E-state index contributed by atoms with van der Waals surface area (Å²) in [6.45, 7) is 5.95. The van der Waals surface area contributed by atoms with Crippen molar-refractivity contribution in [2.75, 3.05) is 19.6 Å². The maximum atomic E-state index is 14.1. The summed E-state index contributed by atoms with van der Waals surface area (Å²) < 4.78 is 27.2. The van der Waals surface area contributed by atoms with Crippen LogP contribution < -0.4 is 5.32 Å². The van der Waals surface area contributed by atoms with Crippen LogP contribution in [0.4, 0.5) is 0 Å². The average Bonchev–Trinajstić information content (AvgIpc) is 3.75. The predicted molar refractivity (Wildman–Crippen MR) is 135 cm³/mol. The van der Waals surface area contributed by atoms with Crippen LogP contribution in [0.15, 0.2) is 29.2 Å². The van der Waals surface area contributed by atoms with Crippen molar-refractivity contribution in [2.24, 2.45) is 5.41 Å². The molecular formula is C26H33ClN4O4S. The summed E-state index contributed by atoms with van der Waals surface area (Å²) in [4.78, 5) is 31.2. The highest BCUT2D eigenvalue weighted by atomic mass is 35.5. The van der Waals surface area contributed by atoms with Gasteiger partial charge in [0.2, 0.25) is 11.8 Å². The van der Waals surface area contributed by atoms with E-state index in [1.54, 1.807) is 12.1 Å². The number of amides is 2. The van der Waals surface area contributed by atoms with Gasteiger partial charge in [-0.2, -0.15) is 5.26 Å². The summed E-state index contributed by atoms with van der Waals surface area (Å²) in [7, 11) is -3.89. The highest BCUT2D eigenvalue weighted by Crippen LogP contribution is 2.48. The fourth-order valence-corrected chi connectivity index (χ4v) is 8.12. The quantitative estimate of drug-likeness (QED) is 0.603. The van der Waals surface area contributed by atoms with Gasteiger partial charge in [-0.1, -0.05) is 37.6 Å². The molecule has 2 saturated carbocycles. The van der Waals surface area contributed by atoms with Crippen LogP contribution in [0.3, 0.4) is 0 Å². The second kappa shape index (κ2) is 8.71. The van der Waals surface area contributed by atoms with E-state index in [0.717, 1.165) is 25.9 Å². The average molecular weight is 533 g/mol. The smallest absolute Gasteiger partial charge is 0.244 e. The molecule has 2 saturated heterocycles. The summed E-state index contributed by atoms with van der Waals surface area (Å²) in [5.74, 6) is -0.618. The fourth-order valence-electron chi connectivity index (χ4n) is 5.90. The molecule has 1 aromatic rings. The number of nitrogens with zero attached hydrogens (tertiary/aromatic N) is 3. The molecule has 194 valence electrons. The van der Waals surface area contributed by atoms with Crippen molar-refractivity contribution in [2.45, 2.75) is 86.1 Å². The van der Waals surface area contributed by atoms with Crippen molar-refractivity contribution in [3.05, 3.63) is 29.3 Å². The molecule has 4 fully saturated rings. The van der Waals surface area contributed by atoms with E-state index in [1.807, 2.05) is 0 Å². The zero-order valence-corrected chi connectivity index (χ0v) is 22.4. The second-order valence-corrected chi connectivity index (χ2v) is 14.3. The first-order valence-electron chi connectivity index (χ1n) is 12.7. The first-order chi connectivity index (χ1) is 16.9. The molecule has 2 aliphatic heterocycles. The molecular weight excluding hydrogens is 500 g/mol. The molecule has 8 nitrogen and oxygen atoms in total. The Morgan fingerprint density at radius 1 is 1.14 bits per heavy atom. The Morgan fingerprint density at radius 2 is 1.83 bits per heavy atom. The summed E-state index contributed by atoms with van der Waals surface area (Å²) in [6, 6.07) is 7.47. The minimum Gasteiger partial charge on any atom is -0.336 e. The number of likely N-dealkylation sites (tertiary alicyclic amines) is 2. The Hall–Kier alpha value is -2.15. The van der Waals surface area contributed by atoms with Crippen molar-refractivity contribution in [1.29, 1.82) is 5.26 Å². The topological polar surface area (TPSA) is 111 Å². The van der Waals surface area contributed by atoms with Crippen LogP contribution in [-0.2, 0) is 19.4 Å². The number of hydrogen-bond donors (Lipinski definition) is 1. The Kier molecular flexibility index (Phi) is 6.17. The Balaban J connectivity index is 1.44. The standard InChI is InChI=1S/C26H33ClN4O4S/c1-24(2)8-5-13-30(17-24)26(11-12-26)23(33)31-15-18(36(34,35)21-7-4-3-6-19(21)27)14-20(31)22(32)29-25(16-28)9-10-25/h3-4,6-7,18,20H,5,8-15,17H2,1-2H3,(H,29,32). The van der Waals surface area contributed by atoms with Crippen LogP contribution >= 0.6 is 11.6 Å². The molecule has 36 heavy (non-hydrogen) atoms. The highest BCUT2D eigenvalue weighted by Gasteiger charge is 2.60. The lowest BCUT2D eigenvalue weighted by atomic mass is 9.83. The van der Waals surface area contributed by atoms with E-state index >= 15 is 0 Å². The number of benzene rings is 1. The number of rotatable bonds is 6. The lowest BCUT2D eigenvalue weighted by Gasteiger charge is -2.43. The number of sulfone groups is 1. The molecule has 2 unspecified atom stereocenters. The Labute approximate surface area is 217 Å². The largest absolute Gasteiger partial charge is 0.336 e. The predicted octanol–water partition coefficient (Wildman–Crippen LogP) is 2.91. The first-order valence-corrected chi connectivity index (χ1v) is 14.6. The Bertz CT molecular complexity index is 1230. The number of carbonyl (C=O) groups excluding carboxylic acids is 2. The molecule has 2 atom stereocenters. The number of nitrogens with one attached hydrogen (secondary N) is 1. The molecule has 2 heterocycles. The zero-order chi connectivity index (χ0) is 25.9. The van der Waals surface area contributed by atoms with Crippen LogP contribution in [0.1, 0.15) is 58.8 Å². The molecule has 0 aromatic heterocycles. The highest BCUT2D eigenvalue weighted by molar-refractivity contribution is 7.92. The molecule has 4 aliphatic rings. The van der Waals surface area contributed by atoms with Gasteiger partial charge in [-0.05, 0) is 69.0 Å². The second-order valence-electron chi connectivity index (χ2n) is 11.7. The first kappa shape index (κ1) is 25.5. The summed E-state index contributed by atoms with van der Waals surface area (Å²) >= 11 is 6.23. The van der Waals surface area contributed by atoms with Crippen LogP contribution in [-0.4, -0.2) is 72.0 Å². The van der Waals surface area contributed by atoms with Gasteiger partial charge in [0.05, 0.1) is 21.2 Å². The lowest BCUT2D eigenvalue weighted by Crippen LogP contribution is -2.58. The number of carbonyl (C=O) groups is 2. The number of nitriles is 1. The molecule has 0 radical (unpaired) electrons. The van der Waals surface area contributed by atoms with Crippen LogP contribution in [0.25, 0.3) is 0 Å². The van der Waals surface area contributed by atoms with Gasteiger partial charge >= 0.3 is 0 Å². The van der Waals surface area contributed by atoms with Gasteiger partial charge in [-0.3, -0.25) is 14.5 Å². The SMILES string of the molecule is CC1(C)CCCN(C2(C(=O)N3CC(S(=O)(=O)c4ccccc4Cl)CC3C(=O)NC3(C#N)CC3)CC2)C1. The third-order valence-electron chi connectivity index (χ3n) is 8.36. The number of piperidine rings is 1. The van der Waals surface area contributed by atoms with E-state index in [2.05, 4.69) is 30.1 Å². The van der Waals surface area contributed by atoms with E-state index in [4.69, 9.17) is 11.6 Å². The van der Waals surface area contributed by atoms with Gasteiger partial charge in [-0.25, -0.2) is 8.42 Å². The molecule has 5 rings (SSSR count). The molecule has 2 aliphatic carbocycles. The molecule has 2 amide bonds.